The zero-order valence-electron chi connectivity index (χ0n) is 13.9. The van der Waals surface area contributed by atoms with E-state index in [0.29, 0.717) is 13.2 Å². The first-order valence-corrected chi connectivity index (χ1v) is 7.94. The Morgan fingerprint density at radius 2 is 1.86 bits per heavy atom. The minimum atomic E-state index is 0. The molecule has 22 heavy (non-hydrogen) atoms. The van der Waals surface area contributed by atoms with Crippen LogP contribution in [0.3, 0.4) is 0 Å². The third kappa shape index (κ3) is 5.34. The Hall–Kier alpha value is -0.980. The maximum atomic E-state index is 5.91. The predicted molar refractivity (Wildman–Crippen MR) is 104 cm³/mol. The molecular formula is C17H28IN3O. The highest BCUT2D eigenvalue weighted by atomic mass is 127. The van der Waals surface area contributed by atoms with Crippen LogP contribution in [0.4, 0.5) is 0 Å². The molecule has 0 bridgehead atoms. The summed E-state index contributed by atoms with van der Waals surface area (Å²) in [5, 5.41) is 3.37. The first kappa shape index (κ1) is 19.1. The van der Waals surface area contributed by atoms with Gasteiger partial charge in [0.05, 0.1) is 6.54 Å². The van der Waals surface area contributed by atoms with Crippen LogP contribution in [0.2, 0.25) is 0 Å². The van der Waals surface area contributed by atoms with Crippen LogP contribution >= 0.6 is 24.0 Å². The summed E-state index contributed by atoms with van der Waals surface area (Å²) in [7, 11) is 0. The molecule has 1 aliphatic heterocycles. The Kier molecular flexibility index (Phi) is 8.60. The highest BCUT2D eigenvalue weighted by molar-refractivity contribution is 14.0. The minimum Gasteiger partial charge on any atom is -0.491 e. The molecule has 0 radical (unpaired) electrons. The summed E-state index contributed by atoms with van der Waals surface area (Å²) in [4.78, 5) is 7.01. The molecule has 124 valence electrons. The fraction of sp³-hybridized carbons (Fsp3) is 0.588. The summed E-state index contributed by atoms with van der Waals surface area (Å²) >= 11 is 0. The number of rotatable bonds is 5. The smallest absolute Gasteiger partial charge is 0.194 e. The normalized spacial score (nSPS) is 14.7. The molecule has 4 nitrogen and oxygen atoms in total. The number of benzene rings is 1. The van der Waals surface area contributed by atoms with Crippen molar-refractivity contribution in [2.24, 2.45) is 4.99 Å². The summed E-state index contributed by atoms with van der Waals surface area (Å²) in [5.41, 5.74) is 2.37. The molecule has 2 rings (SSSR count). The summed E-state index contributed by atoms with van der Waals surface area (Å²) in [5.74, 6) is 2.03. The average molecular weight is 417 g/mol. The van der Waals surface area contributed by atoms with Crippen LogP contribution in [0.1, 0.15) is 30.9 Å². The van der Waals surface area contributed by atoms with Gasteiger partial charge >= 0.3 is 0 Å². The number of hydrogen-bond acceptors (Lipinski definition) is 2. The van der Waals surface area contributed by atoms with Crippen LogP contribution < -0.4 is 10.1 Å². The van der Waals surface area contributed by atoms with Crippen molar-refractivity contribution in [1.82, 2.24) is 10.2 Å². The molecule has 0 aromatic heterocycles. The molecule has 0 amide bonds. The Balaban J connectivity index is 0.00000242. The summed E-state index contributed by atoms with van der Waals surface area (Å²) in [6, 6.07) is 6.23. The second-order valence-electron chi connectivity index (χ2n) is 5.50. The first-order chi connectivity index (χ1) is 10.2. The van der Waals surface area contributed by atoms with E-state index in [0.717, 1.165) is 31.3 Å². The van der Waals surface area contributed by atoms with Crippen LogP contribution in [-0.4, -0.2) is 43.6 Å². The van der Waals surface area contributed by atoms with Gasteiger partial charge in [-0.3, -0.25) is 0 Å². The van der Waals surface area contributed by atoms with Gasteiger partial charge in [0.15, 0.2) is 5.96 Å². The number of para-hydroxylation sites is 1. The predicted octanol–water partition coefficient (Wildman–Crippen LogP) is 3.36. The SMILES string of the molecule is CCNC(=NCCOc1c(C)cccc1C)N1CCCC1.I. The van der Waals surface area contributed by atoms with Gasteiger partial charge in [-0.2, -0.15) is 0 Å². The van der Waals surface area contributed by atoms with E-state index in [1.807, 2.05) is 0 Å². The quantitative estimate of drug-likeness (QED) is 0.346. The van der Waals surface area contributed by atoms with E-state index in [-0.39, 0.29) is 24.0 Å². The first-order valence-electron chi connectivity index (χ1n) is 7.94. The molecule has 1 heterocycles. The van der Waals surface area contributed by atoms with Crippen LogP contribution in [0.5, 0.6) is 5.75 Å². The zero-order valence-corrected chi connectivity index (χ0v) is 16.2. The van der Waals surface area contributed by atoms with E-state index in [1.54, 1.807) is 0 Å². The van der Waals surface area contributed by atoms with Crippen molar-refractivity contribution in [2.45, 2.75) is 33.6 Å². The molecule has 0 spiro atoms. The summed E-state index contributed by atoms with van der Waals surface area (Å²) < 4.78 is 5.91. The van der Waals surface area contributed by atoms with Crippen molar-refractivity contribution in [3.63, 3.8) is 0 Å². The van der Waals surface area contributed by atoms with Gasteiger partial charge in [0, 0.05) is 19.6 Å². The Bertz CT molecular complexity index is 465. The number of nitrogens with zero attached hydrogens (tertiary/aromatic N) is 2. The maximum Gasteiger partial charge on any atom is 0.194 e. The van der Waals surface area contributed by atoms with E-state index in [2.05, 4.69) is 54.2 Å². The lowest BCUT2D eigenvalue weighted by Crippen LogP contribution is -2.39. The number of hydrogen-bond donors (Lipinski definition) is 1. The topological polar surface area (TPSA) is 36.9 Å². The lowest BCUT2D eigenvalue weighted by atomic mass is 10.1. The highest BCUT2D eigenvalue weighted by Crippen LogP contribution is 2.22. The standard InChI is InChI=1S/C17H27N3O.HI/c1-4-18-17(20-11-5-6-12-20)19-10-13-21-16-14(2)8-7-9-15(16)3;/h7-9H,4-6,10-13H2,1-3H3,(H,18,19);1H. The zero-order chi connectivity index (χ0) is 15.1. The Labute approximate surface area is 151 Å². The van der Waals surface area contributed by atoms with E-state index in [9.17, 15) is 0 Å². The van der Waals surface area contributed by atoms with Crippen LogP contribution in [-0.2, 0) is 0 Å². The van der Waals surface area contributed by atoms with Gasteiger partial charge in [0.25, 0.3) is 0 Å². The number of aliphatic imine (C=N–C) groups is 1. The average Bonchev–Trinajstić information content (AvgIpc) is 2.99. The van der Waals surface area contributed by atoms with Crippen LogP contribution in [0.25, 0.3) is 0 Å². The van der Waals surface area contributed by atoms with Crippen molar-refractivity contribution in [1.29, 1.82) is 0 Å². The van der Waals surface area contributed by atoms with Crippen molar-refractivity contribution in [3.8, 4) is 5.75 Å². The molecule has 0 saturated carbocycles. The van der Waals surface area contributed by atoms with Crippen molar-refractivity contribution in [2.75, 3.05) is 32.8 Å². The van der Waals surface area contributed by atoms with E-state index < -0.39 is 0 Å². The summed E-state index contributed by atoms with van der Waals surface area (Å²) in [6.07, 6.45) is 2.53. The molecule has 0 aliphatic carbocycles. The number of ether oxygens (including phenoxy) is 1. The van der Waals surface area contributed by atoms with E-state index >= 15 is 0 Å². The van der Waals surface area contributed by atoms with Crippen molar-refractivity contribution >= 4 is 29.9 Å². The van der Waals surface area contributed by atoms with Crippen molar-refractivity contribution < 1.29 is 4.74 Å². The highest BCUT2D eigenvalue weighted by Gasteiger charge is 2.15. The monoisotopic (exact) mass is 417 g/mol. The molecule has 1 N–H and O–H groups in total. The number of aryl methyl sites for hydroxylation is 2. The van der Waals surface area contributed by atoms with Gasteiger partial charge in [-0.25, -0.2) is 4.99 Å². The fourth-order valence-corrected chi connectivity index (χ4v) is 2.68. The number of guanidine groups is 1. The molecule has 1 fully saturated rings. The van der Waals surface area contributed by atoms with Gasteiger partial charge < -0.3 is 15.0 Å². The molecule has 1 aliphatic rings. The van der Waals surface area contributed by atoms with Crippen molar-refractivity contribution in [3.05, 3.63) is 29.3 Å². The van der Waals surface area contributed by atoms with Gasteiger partial charge in [-0.1, -0.05) is 18.2 Å². The fourth-order valence-electron chi connectivity index (χ4n) is 2.68. The Morgan fingerprint density at radius 3 is 2.45 bits per heavy atom. The largest absolute Gasteiger partial charge is 0.491 e. The second kappa shape index (κ2) is 9.92. The summed E-state index contributed by atoms with van der Waals surface area (Å²) in [6.45, 7) is 10.7. The molecule has 1 aromatic rings. The molecule has 1 aromatic carbocycles. The van der Waals surface area contributed by atoms with Crippen LogP contribution in [0.15, 0.2) is 23.2 Å². The lowest BCUT2D eigenvalue weighted by Gasteiger charge is -2.20. The Morgan fingerprint density at radius 1 is 1.23 bits per heavy atom. The van der Waals surface area contributed by atoms with Gasteiger partial charge in [-0.15, -0.1) is 24.0 Å². The molecule has 0 atom stereocenters. The lowest BCUT2D eigenvalue weighted by molar-refractivity contribution is 0.323. The molecule has 1 saturated heterocycles. The van der Waals surface area contributed by atoms with Gasteiger partial charge in [0.2, 0.25) is 0 Å². The number of halogens is 1. The maximum absolute atomic E-state index is 5.91. The second-order valence-corrected chi connectivity index (χ2v) is 5.50. The van der Waals surface area contributed by atoms with Gasteiger partial charge in [-0.05, 0) is 44.7 Å². The molecule has 0 unspecified atom stereocenters. The van der Waals surface area contributed by atoms with E-state index in [1.165, 1.54) is 24.0 Å². The third-order valence-electron chi connectivity index (χ3n) is 3.75. The van der Waals surface area contributed by atoms with Crippen LogP contribution in [0, 0.1) is 13.8 Å². The van der Waals surface area contributed by atoms with E-state index in [4.69, 9.17) is 4.74 Å². The molecule has 5 heteroatoms. The number of nitrogens with one attached hydrogen (secondary N) is 1. The third-order valence-corrected chi connectivity index (χ3v) is 3.75. The molecular weight excluding hydrogens is 389 g/mol. The minimum absolute atomic E-state index is 0. The van der Waals surface area contributed by atoms with Gasteiger partial charge in [0.1, 0.15) is 12.4 Å². The number of likely N-dealkylation sites (tertiary alicyclic amines) is 1.